The molecule has 2 aliphatic carbocycles. The third-order valence-electron chi connectivity index (χ3n) is 4.47. The highest BCUT2D eigenvalue weighted by atomic mass is 32.1. The van der Waals surface area contributed by atoms with Crippen LogP contribution in [0.3, 0.4) is 0 Å². The summed E-state index contributed by atoms with van der Waals surface area (Å²) in [6, 6.07) is 0. The maximum atomic E-state index is 12.1. The summed E-state index contributed by atoms with van der Waals surface area (Å²) in [7, 11) is 1.77. The number of fused-ring (bicyclic) bond motifs is 1. The maximum Gasteiger partial charge on any atom is 0.315 e. The van der Waals surface area contributed by atoms with Gasteiger partial charge in [-0.25, -0.2) is 4.98 Å². The van der Waals surface area contributed by atoms with Gasteiger partial charge < -0.3 is 9.47 Å². The van der Waals surface area contributed by atoms with E-state index in [0.717, 1.165) is 42.8 Å². The fraction of sp³-hybridized carbons (Fsp3) is 0.733. The van der Waals surface area contributed by atoms with Crippen LogP contribution in [0.1, 0.15) is 60.5 Å². The number of hydrogen-bond donors (Lipinski definition) is 0. The topological polar surface area (TPSA) is 48.4 Å². The number of aryl methyl sites for hydroxylation is 1. The molecule has 1 atom stereocenters. The quantitative estimate of drug-likeness (QED) is 0.801. The first-order valence-electron chi connectivity index (χ1n) is 7.42. The molecule has 1 unspecified atom stereocenters. The van der Waals surface area contributed by atoms with Gasteiger partial charge >= 0.3 is 5.97 Å². The van der Waals surface area contributed by atoms with E-state index in [1.54, 1.807) is 18.4 Å². The normalized spacial score (nSPS) is 23.8. The van der Waals surface area contributed by atoms with E-state index in [9.17, 15) is 4.79 Å². The van der Waals surface area contributed by atoms with Gasteiger partial charge in [0.15, 0.2) is 0 Å². The first kappa shape index (κ1) is 14.0. The molecule has 0 amide bonds. The van der Waals surface area contributed by atoms with E-state index in [4.69, 9.17) is 14.5 Å². The Bertz CT molecular complexity index is 502. The Labute approximate surface area is 123 Å². The second-order valence-corrected chi connectivity index (χ2v) is 6.66. The summed E-state index contributed by atoms with van der Waals surface area (Å²) in [5, 5.41) is 1.06. The number of ether oxygens (including phenoxy) is 2. The fourth-order valence-corrected chi connectivity index (χ4v) is 4.48. The Balaban J connectivity index is 1.90. The van der Waals surface area contributed by atoms with Gasteiger partial charge in [-0.05, 0) is 45.4 Å². The molecule has 1 aromatic heterocycles. The van der Waals surface area contributed by atoms with Gasteiger partial charge in [0, 0.05) is 12.0 Å². The minimum Gasteiger partial charge on any atom is -0.465 e. The van der Waals surface area contributed by atoms with Gasteiger partial charge in [-0.2, -0.15) is 0 Å². The standard InChI is InChI=1S/C15H21NO3S/c1-3-19-13(17)10-6-4-7-11-12(10)16-14(20-11)15(18-2)8-5-9-15/h10H,3-9H2,1-2H3. The van der Waals surface area contributed by atoms with E-state index in [-0.39, 0.29) is 17.5 Å². The zero-order valence-corrected chi connectivity index (χ0v) is 12.9. The van der Waals surface area contributed by atoms with Gasteiger partial charge in [-0.3, -0.25) is 4.79 Å². The summed E-state index contributed by atoms with van der Waals surface area (Å²) in [6.07, 6.45) is 6.20. The molecule has 0 radical (unpaired) electrons. The van der Waals surface area contributed by atoms with Crippen LogP contribution >= 0.6 is 11.3 Å². The molecule has 4 nitrogen and oxygen atoms in total. The third kappa shape index (κ3) is 2.17. The summed E-state index contributed by atoms with van der Waals surface area (Å²) in [6.45, 7) is 2.28. The zero-order valence-electron chi connectivity index (χ0n) is 12.1. The Morgan fingerprint density at radius 3 is 2.85 bits per heavy atom. The SMILES string of the molecule is CCOC(=O)C1CCCc2sc(C3(OC)CCC3)nc21. The Hall–Kier alpha value is -0.940. The molecule has 0 N–H and O–H groups in total. The number of esters is 1. The molecule has 2 aliphatic rings. The number of rotatable bonds is 4. The number of carbonyl (C=O) groups is 1. The van der Waals surface area contributed by atoms with Crippen molar-refractivity contribution in [3.8, 4) is 0 Å². The molecule has 0 spiro atoms. The molecule has 0 saturated heterocycles. The number of aromatic nitrogens is 1. The van der Waals surface area contributed by atoms with Crippen molar-refractivity contribution < 1.29 is 14.3 Å². The van der Waals surface area contributed by atoms with Crippen LogP contribution in [0.4, 0.5) is 0 Å². The summed E-state index contributed by atoms with van der Waals surface area (Å²) < 4.78 is 10.9. The molecule has 0 bridgehead atoms. The smallest absolute Gasteiger partial charge is 0.315 e. The van der Waals surface area contributed by atoms with Gasteiger partial charge in [0.05, 0.1) is 12.3 Å². The highest BCUT2D eigenvalue weighted by molar-refractivity contribution is 7.12. The number of hydrogen-bond acceptors (Lipinski definition) is 5. The zero-order chi connectivity index (χ0) is 14.2. The molecular weight excluding hydrogens is 274 g/mol. The summed E-state index contributed by atoms with van der Waals surface area (Å²) in [5.41, 5.74) is 0.777. The number of nitrogens with zero attached hydrogens (tertiary/aromatic N) is 1. The van der Waals surface area contributed by atoms with Crippen molar-refractivity contribution in [3.63, 3.8) is 0 Å². The van der Waals surface area contributed by atoms with Crippen molar-refractivity contribution in [3.05, 3.63) is 15.6 Å². The lowest BCUT2D eigenvalue weighted by Crippen LogP contribution is -2.36. The number of carbonyl (C=O) groups excluding carboxylic acids is 1. The second-order valence-electron chi connectivity index (χ2n) is 5.58. The lowest BCUT2D eigenvalue weighted by Gasteiger charge is -2.38. The van der Waals surface area contributed by atoms with Crippen molar-refractivity contribution in [2.75, 3.05) is 13.7 Å². The van der Waals surface area contributed by atoms with Crippen molar-refractivity contribution in [2.24, 2.45) is 0 Å². The average molecular weight is 295 g/mol. The third-order valence-corrected chi connectivity index (χ3v) is 5.78. The van der Waals surface area contributed by atoms with E-state index >= 15 is 0 Å². The first-order valence-corrected chi connectivity index (χ1v) is 8.23. The summed E-state index contributed by atoms with van der Waals surface area (Å²) >= 11 is 1.74. The van der Waals surface area contributed by atoms with E-state index in [1.165, 1.54) is 11.3 Å². The minimum absolute atomic E-state index is 0.120. The number of thiazole rings is 1. The minimum atomic E-state index is -0.179. The van der Waals surface area contributed by atoms with Crippen LogP contribution in [-0.2, 0) is 26.3 Å². The van der Waals surface area contributed by atoms with Crippen LogP contribution in [0.15, 0.2) is 0 Å². The predicted octanol–water partition coefficient (Wildman–Crippen LogP) is 3.15. The summed E-state index contributed by atoms with van der Waals surface area (Å²) in [4.78, 5) is 18.1. The van der Waals surface area contributed by atoms with Crippen LogP contribution in [0.25, 0.3) is 0 Å². The maximum absolute atomic E-state index is 12.1. The lowest BCUT2D eigenvalue weighted by molar-refractivity contribution is -0.145. The molecule has 1 aromatic rings. The van der Waals surface area contributed by atoms with E-state index in [1.807, 2.05) is 6.92 Å². The molecule has 0 aromatic carbocycles. The highest BCUT2D eigenvalue weighted by Crippen LogP contribution is 2.48. The molecule has 3 rings (SSSR count). The van der Waals surface area contributed by atoms with E-state index < -0.39 is 0 Å². The largest absolute Gasteiger partial charge is 0.465 e. The average Bonchev–Trinajstić information content (AvgIpc) is 2.82. The number of methoxy groups -OCH3 is 1. The van der Waals surface area contributed by atoms with Crippen LogP contribution in [0.5, 0.6) is 0 Å². The lowest BCUT2D eigenvalue weighted by atomic mass is 9.80. The molecule has 20 heavy (non-hydrogen) atoms. The Kier molecular flexibility index (Phi) is 3.82. The molecule has 110 valence electrons. The van der Waals surface area contributed by atoms with Gasteiger partial charge in [-0.1, -0.05) is 0 Å². The van der Waals surface area contributed by atoms with Crippen molar-refractivity contribution >= 4 is 17.3 Å². The van der Waals surface area contributed by atoms with Gasteiger partial charge in [0.25, 0.3) is 0 Å². The van der Waals surface area contributed by atoms with Gasteiger partial charge in [0.2, 0.25) is 0 Å². The van der Waals surface area contributed by atoms with Crippen LogP contribution in [0, 0.1) is 0 Å². The first-order chi connectivity index (χ1) is 9.70. The van der Waals surface area contributed by atoms with E-state index in [2.05, 4.69) is 0 Å². The Morgan fingerprint density at radius 2 is 2.25 bits per heavy atom. The van der Waals surface area contributed by atoms with Crippen molar-refractivity contribution in [1.82, 2.24) is 4.98 Å². The molecule has 5 heteroatoms. The van der Waals surface area contributed by atoms with Crippen LogP contribution < -0.4 is 0 Å². The van der Waals surface area contributed by atoms with Crippen LogP contribution in [-0.4, -0.2) is 24.7 Å². The van der Waals surface area contributed by atoms with Gasteiger partial charge in [-0.15, -0.1) is 11.3 Å². The molecule has 1 fully saturated rings. The monoisotopic (exact) mass is 295 g/mol. The molecular formula is C15H21NO3S. The Morgan fingerprint density at radius 1 is 1.45 bits per heavy atom. The molecule has 1 heterocycles. The fourth-order valence-electron chi connectivity index (χ4n) is 3.09. The molecule has 1 saturated carbocycles. The predicted molar refractivity (Wildman–Crippen MR) is 77.0 cm³/mol. The van der Waals surface area contributed by atoms with Crippen LogP contribution in [0.2, 0.25) is 0 Å². The summed E-state index contributed by atoms with van der Waals surface area (Å²) in [5.74, 6) is -0.289. The second kappa shape index (κ2) is 5.45. The van der Waals surface area contributed by atoms with Crippen molar-refractivity contribution in [2.45, 2.75) is 57.0 Å². The highest BCUT2D eigenvalue weighted by Gasteiger charge is 2.43. The van der Waals surface area contributed by atoms with Crippen molar-refractivity contribution in [1.29, 1.82) is 0 Å². The molecule has 0 aliphatic heterocycles. The van der Waals surface area contributed by atoms with Gasteiger partial charge in [0.1, 0.15) is 16.5 Å². The van der Waals surface area contributed by atoms with E-state index in [0.29, 0.717) is 6.61 Å².